The van der Waals surface area contributed by atoms with Gasteiger partial charge < -0.3 is 16.2 Å². The summed E-state index contributed by atoms with van der Waals surface area (Å²) in [4.78, 5) is 9.36. The predicted octanol–water partition coefficient (Wildman–Crippen LogP) is 4.55. The average Bonchev–Trinajstić information content (AvgIpc) is 2.70. The summed E-state index contributed by atoms with van der Waals surface area (Å²) in [7, 11) is 0. The summed E-state index contributed by atoms with van der Waals surface area (Å²) in [6, 6.07) is 15.1. The minimum Gasteiger partial charge on any atom is -0.507 e. The molecule has 1 aromatic heterocycles. The van der Waals surface area contributed by atoms with Gasteiger partial charge in [-0.25, -0.2) is 9.97 Å². The lowest BCUT2D eigenvalue weighted by molar-refractivity contribution is 0.477. The number of aromatic nitrogens is 2. The van der Waals surface area contributed by atoms with Crippen LogP contribution in [-0.2, 0) is 6.42 Å². The van der Waals surface area contributed by atoms with Crippen molar-refractivity contribution in [1.29, 1.82) is 0 Å². The Morgan fingerprint density at radius 1 is 1.14 bits per heavy atom. The number of aromatic hydroxyl groups is 1. The van der Waals surface area contributed by atoms with Crippen LogP contribution in [0.5, 0.6) is 5.75 Å². The molecule has 28 heavy (non-hydrogen) atoms. The van der Waals surface area contributed by atoms with E-state index in [1.54, 1.807) is 18.2 Å². The van der Waals surface area contributed by atoms with Crippen molar-refractivity contribution in [3.63, 3.8) is 0 Å². The fraction of sp³-hybridized carbons (Fsp3) is 0.273. The Balaban J connectivity index is 2.04. The second-order valence-electron chi connectivity index (χ2n) is 6.83. The van der Waals surface area contributed by atoms with Crippen LogP contribution in [0.4, 0.5) is 5.82 Å². The van der Waals surface area contributed by atoms with Gasteiger partial charge in [0.1, 0.15) is 11.6 Å². The number of phenols is 1. The van der Waals surface area contributed by atoms with Gasteiger partial charge in [0.2, 0.25) is 0 Å². The van der Waals surface area contributed by atoms with Crippen LogP contribution in [0.15, 0.2) is 48.5 Å². The fourth-order valence-corrected chi connectivity index (χ4v) is 3.11. The monoisotopic (exact) mass is 396 g/mol. The summed E-state index contributed by atoms with van der Waals surface area (Å²) in [5, 5.41) is 14.1. The molecule has 0 aliphatic carbocycles. The summed E-state index contributed by atoms with van der Waals surface area (Å²) in [5.41, 5.74) is 9.63. The first kappa shape index (κ1) is 20.1. The van der Waals surface area contributed by atoms with Gasteiger partial charge in [0.25, 0.3) is 0 Å². The quantitative estimate of drug-likeness (QED) is 0.545. The number of anilines is 1. The molecule has 0 aliphatic heterocycles. The van der Waals surface area contributed by atoms with E-state index in [9.17, 15) is 5.11 Å². The van der Waals surface area contributed by atoms with E-state index in [4.69, 9.17) is 22.3 Å². The number of aryl methyl sites for hydroxylation is 1. The number of rotatable bonds is 7. The summed E-state index contributed by atoms with van der Waals surface area (Å²) in [6.45, 7) is 4.61. The van der Waals surface area contributed by atoms with Crippen molar-refractivity contribution in [2.24, 2.45) is 5.73 Å². The second-order valence-corrected chi connectivity index (χ2v) is 7.27. The molecule has 0 unspecified atom stereocenters. The van der Waals surface area contributed by atoms with Gasteiger partial charge in [-0.05, 0) is 37.1 Å². The Bertz CT molecular complexity index is 947. The molecule has 3 rings (SSSR count). The van der Waals surface area contributed by atoms with Gasteiger partial charge in [-0.15, -0.1) is 0 Å². The summed E-state index contributed by atoms with van der Waals surface area (Å²) >= 11 is 6.11. The van der Waals surface area contributed by atoms with Crippen molar-refractivity contribution in [2.45, 2.75) is 32.7 Å². The van der Waals surface area contributed by atoms with E-state index in [2.05, 4.69) is 29.4 Å². The molecule has 146 valence electrons. The minimum absolute atomic E-state index is 0.0304. The third kappa shape index (κ3) is 4.80. The van der Waals surface area contributed by atoms with Crippen LogP contribution in [0.25, 0.3) is 11.4 Å². The van der Waals surface area contributed by atoms with Gasteiger partial charge >= 0.3 is 0 Å². The Labute approximate surface area is 170 Å². The molecule has 0 fully saturated rings. The van der Waals surface area contributed by atoms with Crippen LogP contribution >= 0.6 is 11.6 Å². The highest BCUT2D eigenvalue weighted by atomic mass is 35.5. The van der Waals surface area contributed by atoms with Crippen molar-refractivity contribution < 1.29 is 5.11 Å². The van der Waals surface area contributed by atoms with E-state index in [1.807, 2.05) is 25.1 Å². The van der Waals surface area contributed by atoms with Crippen molar-refractivity contribution in [3.8, 4) is 17.1 Å². The zero-order valence-electron chi connectivity index (χ0n) is 16.1. The van der Waals surface area contributed by atoms with Gasteiger partial charge in [0, 0.05) is 35.3 Å². The third-order valence-corrected chi connectivity index (χ3v) is 4.93. The largest absolute Gasteiger partial charge is 0.507 e. The van der Waals surface area contributed by atoms with Crippen LogP contribution in [-0.4, -0.2) is 27.7 Å². The van der Waals surface area contributed by atoms with Crippen LogP contribution in [0, 0.1) is 6.92 Å². The molecule has 5 nitrogen and oxygen atoms in total. The number of benzene rings is 2. The molecular weight excluding hydrogens is 372 g/mol. The first-order valence-corrected chi connectivity index (χ1v) is 9.75. The van der Waals surface area contributed by atoms with Crippen molar-refractivity contribution in [3.05, 3.63) is 70.4 Å². The predicted molar refractivity (Wildman–Crippen MR) is 115 cm³/mol. The SMILES string of the molecule is CC[C@@H](N)CNc1nc(-c2cc(Cl)ccc2O)nc(C)c1Cc1ccccc1. The van der Waals surface area contributed by atoms with E-state index in [1.165, 1.54) is 5.56 Å². The molecule has 4 N–H and O–H groups in total. The Morgan fingerprint density at radius 3 is 2.61 bits per heavy atom. The lowest BCUT2D eigenvalue weighted by Crippen LogP contribution is -2.29. The Hall–Kier alpha value is -2.63. The highest BCUT2D eigenvalue weighted by Gasteiger charge is 2.16. The Kier molecular flexibility index (Phi) is 6.49. The molecule has 1 atom stereocenters. The lowest BCUT2D eigenvalue weighted by Gasteiger charge is -2.17. The second kappa shape index (κ2) is 9.04. The zero-order valence-corrected chi connectivity index (χ0v) is 16.9. The molecule has 0 saturated heterocycles. The van der Waals surface area contributed by atoms with E-state index in [0.717, 1.165) is 23.5 Å². The minimum atomic E-state index is 0.0304. The Morgan fingerprint density at radius 2 is 1.89 bits per heavy atom. The molecule has 0 bridgehead atoms. The molecule has 0 aliphatic rings. The summed E-state index contributed by atoms with van der Waals surface area (Å²) in [5.74, 6) is 1.26. The molecule has 1 heterocycles. The molecule has 6 heteroatoms. The molecule has 3 aromatic rings. The topological polar surface area (TPSA) is 84.1 Å². The maximum absolute atomic E-state index is 10.3. The summed E-state index contributed by atoms with van der Waals surface area (Å²) < 4.78 is 0. The number of nitrogens with two attached hydrogens (primary N) is 1. The maximum atomic E-state index is 10.3. The average molecular weight is 397 g/mol. The van der Waals surface area contributed by atoms with E-state index < -0.39 is 0 Å². The highest BCUT2D eigenvalue weighted by Crippen LogP contribution is 2.32. The van der Waals surface area contributed by atoms with Crippen LogP contribution in [0.1, 0.15) is 30.2 Å². The smallest absolute Gasteiger partial charge is 0.165 e. The summed E-state index contributed by atoms with van der Waals surface area (Å²) in [6.07, 6.45) is 1.57. The number of hydrogen-bond acceptors (Lipinski definition) is 5. The normalized spacial score (nSPS) is 12.0. The molecule has 0 radical (unpaired) electrons. The molecule has 2 aromatic carbocycles. The van der Waals surface area contributed by atoms with Gasteiger partial charge in [0.05, 0.1) is 5.56 Å². The maximum Gasteiger partial charge on any atom is 0.165 e. The molecule has 0 spiro atoms. The first-order valence-electron chi connectivity index (χ1n) is 9.37. The van der Waals surface area contributed by atoms with Crippen molar-refractivity contribution >= 4 is 17.4 Å². The zero-order chi connectivity index (χ0) is 20.1. The van der Waals surface area contributed by atoms with Crippen LogP contribution in [0.2, 0.25) is 5.02 Å². The van der Waals surface area contributed by atoms with E-state index in [0.29, 0.717) is 29.4 Å². The standard InChI is InChI=1S/C22H25ClN4O/c1-3-17(24)13-25-21-18(11-15-7-5-4-6-8-15)14(2)26-22(27-21)19-12-16(23)9-10-20(19)28/h4-10,12,17,28H,3,11,13,24H2,1-2H3,(H,25,26,27)/t17-/m1/s1. The molecular formula is C22H25ClN4O. The number of hydrogen-bond donors (Lipinski definition) is 3. The van der Waals surface area contributed by atoms with Crippen LogP contribution < -0.4 is 11.1 Å². The van der Waals surface area contributed by atoms with E-state index in [-0.39, 0.29) is 11.8 Å². The lowest BCUT2D eigenvalue weighted by atomic mass is 10.0. The highest BCUT2D eigenvalue weighted by molar-refractivity contribution is 6.30. The van der Waals surface area contributed by atoms with Crippen molar-refractivity contribution in [1.82, 2.24) is 9.97 Å². The first-order chi connectivity index (χ1) is 13.5. The van der Waals surface area contributed by atoms with Gasteiger partial charge in [-0.1, -0.05) is 48.9 Å². The number of halogens is 1. The van der Waals surface area contributed by atoms with Gasteiger partial charge in [0.15, 0.2) is 5.82 Å². The number of phenolic OH excluding ortho intramolecular Hbond substituents is 1. The molecule has 0 saturated carbocycles. The van der Waals surface area contributed by atoms with Crippen LogP contribution in [0.3, 0.4) is 0 Å². The fourth-order valence-electron chi connectivity index (χ4n) is 2.93. The molecule has 0 amide bonds. The number of nitrogens with zero attached hydrogens (tertiary/aromatic N) is 2. The van der Waals surface area contributed by atoms with Crippen molar-refractivity contribution in [2.75, 3.05) is 11.9 Å². The third-order valence-electron chi connectivity index (χ3n) is 4.69. The number of nitrogens with one attached hydrogen (secondary N) is 1. The van der Waals surface area contributed by atoms with Gasteiger partial charge in [-0.3, -0.25) is 0 Å². The van der Waals surface area contributed by atoms with Gasteiger partial charge in [-0.2, -0.15) is 0 Å². The van der Waals surface area contributed by atoms with E-state index >= 15 is 0 Å².